The molecule has 0 aliphatic carbocycles. The monoisotopic (exact) mass is 306 g/mol. The Kier molecular flexibility index (Phi) is 2.15. The molecule has 0 amide bonds. The van der Waals surface area contributed by atoms with Gasteiger partial charge in [-0.2, -0.15) is 0 Å². The van der Waals surface area contributed by atoms with Crippen LogP contribution in [-0.4, -0.2) is 9.55 Å². The summed E-state index contributed by atoms with van der Waals surface area (Å²) in [5.74, 6) is -0.314. The van der Waals surface area contributed by atoms with E-state index < -0.39 is 0 Å². The van der Waals surface area contributed by atoms with Gasteiger partial charge in [-0.15, -0.1) is 0 Å². The van der Waals surface area contributed by atoms with E-state index in [0.717, 1.165) is 5.52 Å². The molecule has 13 heavy (non-hydrogen) atoms. The van der Waals surface area contributed by atoms with E-state index in [-0.39, 0.29) is 5.82 Å². The normalized spacial score (nSPS) is 11.1. The maximum Gasteiger partial charge on any atom is 0.177 e. The smallest absolute Gasteiger partial charge is 0.177 e. The van der Waals surface area contributed by atoms with Gasteiger partial charge in [-0.25, -0.2) is 9.37 Å². The maximum absolute atomic E-state index is 13.3. The van der Waals surface area contributed by atoms with Crippen molar-refractivity contribution in [3.8, 4) is 0 Å². The van der Waals surface area contributed by atoms with Crippen LogP contribution in [0.2, 0.25) is 0 Å². The zero-order valence-electron chi connectivity index (χ0n) is 6.68. The molecule has 2 aromatic rings. The van der Waals surface area contributed by atoms with Gasteiger partial charge in [0.25, 0.3) is 0 Å². The number of aromatic nitrogens is 2. The van der Waals surface area contributed by atoms with Gasteiger partial charge in [-0.05, 0) is 28.1 Å². The molecule has 1 heterocycles. The fraction of sp³-hybridized carbons (Fsp3) is 0.125. The minimum Gasteiger partial charge on any atom is -0.322 e. The van der Waals surface area contributed by atoms with Crippen LogP contribution in [0.15, 0.2) is 21.3 Å². The first kappa shape index (κ1) is 9.15. The molecule has 2 nitrogen and oxygen atoms in total. The van der Waals surface area contributed by atoms with Gasteiger partial charge in [-0.3, -0.25) is 0 Å². The fourth-order valence-electron chi connectivity index (χ4n) is 1.19. The molecule has 0 bridgehead atoms. The van der Waals surface area contributed by atoms with Crippen molar-refractivity contribution in [2.45, 2.75) is 0 Å². The zero-order valence-corrected chi connectivity index (χ0v) is 9.86. The highest BCUT2D eigenvalue weighted by Crippen LogP contribution is 2.25. The van der Waals surface area contributed by atoms with E-state index in [1.54, 1.807) is 4.57 Å². The summed E-state index contributed by atoms with van der Waals surface area (Å²) in [5.41, 5.74) is 1.15. The van der Waals surface area contributed by atoms with Crippen molar-refractivity contribution in [2.24, 2.45) is 7.05 Å². The van der Waals surface area contributed by atoms with Crippen molar-refractivity contribution >= 4 is 42.9 Å². The summed E-state index contributed by atoms with van der Waals surface area (Å²) in [5, 5.41) is 0. The molecule has 0 radical (unpaired) electrons. The molecule has 0 saturated carbocycles. The first-order chi connectivity index (χ1) is 6.09. The second kappa shape index (κ2) is 3.06. The third kappa shape index (κ3) is 1.40. The predicted molar refractivity (Wildman–Crippen MR) is 56.1 cm³/mol. The maximum atomic E-state index is 13.3. The number of rotatable bonds is 0. The Morgan fingerprint density at radius 2 is 2.08 bits per heavy atom. The molecule has 0 atom stereocenters. The first-order valence-corrected chi connectivity index (χ1v) is 5.15. The lowest BCUT2D eigenvalue weighted by molar-refractivity contribution is 0.636. The van der Waals surface area contributed by atoms with Gasteiger partial charge >= 0.3 is 0 Å². The van der Waals surface area contributed by atoms with E-state index in [1.165, 1.54) is 6.07 Å². The Morgan fingerprint density at radius 1 is 1.38 bits per heavy atom. The molecule has 5 heteroatoms. The van der Waals surface area contributed by atoms with Crippen LogP contribution >= 0.6 is 31.9 Å². The predicted octanol–water partition coefficient (Wildman–Crippen LogP) is 3.24. The molecule has 68 valence electrons. The molecule has 1 aromatic heterocycles. The van der Waals surface area contributed by atoms with Crippen molar-refractivity contribution in [3.63, 3.8) is 0 Å². The van der Waals surface area contributed by atoms with Crippen LogP contribution in [0.3, 0.4) is 0 Å². The van der Waals surface area contributed by atoms with E-state index in [0.29, 0.717) is 14.7 Å². The lowest BCUT2D eigenvalue weighted by Gasteiger charge is -1.96. The van der Waals surface area contributed by atoms with Gasteiger partial charge in [0.05, 0.1) is 5.52 Å². The van der Waals surface area contributed by atoms with Gasteiger partial charge in [0.15, 0.2) is 10.6 Å². The Bertz CT molecular complexity index is 478. The Hall–Kier alpha value is -0.420. The quantitative estimate of drug-likeness (QED) is 0.730. The molecule has 0 unspecified atom stereocenters. The number of imidazole rings is 1. The van der Waals surface area contributed by atoms with Crippen LogP contribution < -0.4 is 0 Å². The number of hydrogen-bond acceptors (Lipinski definition) is 1. The summed E-state index contributed by atoms with van der Waals surface area (Å²) in [7, 11) is 1.82. The number of benzene rings is 1. The molecular formula is C8H5Br2FN2. The topological polar surface area (TPSA) is 17.8 Å². The second-order valence-corrected chi connectivity index (χ2v) is 4.32. The van der Waals surface area contributed by atoms with Gasteiger partial charge in [0, 0.05) is 11.5 Å². The number of hydrogen-bond donors (Lipinski definition) is 0. The van der Waals surface area contributed by atoms with Crippen molar-refractivity contribution in [1.82, 2.24) is 9.55 Å². The number of halogens is 3. The van der Waals surface area contributed by atoms with Gasteiger partial charge in [0.2, 0.25) is 0 Å². The SMILES string of the molecule is Cn1c(Br)nc2c(F)cc(Br)cc21. The Morgan fingerprint density at radius 3 is 2.77 bits per heavy atom. The van der Waals surface area contributed by atoms with Gasteiger partial charge < -0.3 is 4.57 Å². The molecule has 0 fully saturated rings. The lowest BCUT2D eigenvalue weighted by atomic mass is 10.3. The summed E-state index contributed by atoms with van der Waals surface area (Å²) in [6, 6.07) is 3.23. The summed E-state index contributed by atoms with van der Waals surface area (Å²) in [6.45, 7) is 0. The molecule has 0 saturated heterocycles. The third-order valence-electron chi connectivity index (χ3n) is 1.85. The highest BCUT2D eigenvalue weighted by molar-refractivity contribution is 9.10. The molecule has 0 aliphatic heterocycles. The van der Waals surface area contributed by atoms with Crippen molar-refractivity contribution in [3.05, 3.63) is 27.2 Å². The number of aryl methyl sites for hydroxylation is 1. The minimum absolute atomic E-state index is 0.314. The van der Waals surface area contributed by atoms with Crippen LogP contribution in [0.4, 0.5) is 4.39 Å². The standard InChI is InChI=1S/C8H5Br2FN2/c1-13-6-3-4(9)2-5(11)7(6)12-8(13)10/h2-3H,1H3. The van der Waals surface area contributed by atoms with E-state index in [9.17, 15) is 4.39 Å². The molecular weight excluding hydrogens is 303 g/mol. The van der Waals surface area contributed by atoms with Gasteiger partial charge in [-0.1, -0.05) is 15.9 Å². The lowest BCUT2D eigenvalue weighted by Crippen LogP contribution is -1.87. The number of fused-ring (bicyclic) bond motifs is 1. The molecule has 1 aromatic carbocycles. The summed E-state index contributed by atoms with van der Waals surface area (Å²) < 4.78 is 16.4. The van der Waals surface area contributed by atoms with Crippen molar-refractivity contribution in [2.75, 3.05) is 0 Å². The molecule has 2 rings (SSSR count). The van der Waals surface area contributed by atoms with E-state index >= 15 is 0 Å². The Labute approximate surface area is 91.0 Å². The number of nitrogens with zero attached hydrogens (tertiary/aromatic N) is 2. The van der Waals surface area contributed by atoms with Crippen LogP contribution in [0.5, 0.6) is 0 Å². The summed E-state index contributed by atoms with van der Waals surface area (Å²) >= 11 is 6.47. The average molecular weight is 308 g/mol. The van der Waals surface area contributed by atoms with Crippen LogP contribution in [0.25, 0.3) is 11.0 Å². The van der Waals surface area contributed by atoms with Crippen molar-refractivity contribution in [1.29, 1.82) is 0 Å². The average Bonchev–Trinajstić information content (AvgIpc) is 2.32. The van der Waals surface area contributed by atoms with E-state index in [1.807, 2.05) is 13.1 Å². The summed E-state index contributed by atoms with van der Waals surface area (Å²) in [6.07, 6.45) is 0. The van der Waals surface area contributed by atoms with Crippen LogP contribution in [0.1, 0.15) is 0 Å². The second-order valence-electron chi connectivity index (χ2n) is 2.70. The minimum atomic E-state index is -0.314. The first-order valence-electron chi connectivity index (χ1n) is 3.56. The zero-order chi connectivity index (χ0) is 9.59. The largest absolute Gasteiger partial charge is 0.322 e. The highest BCUT2D eigenvalue weighted by Gasteiger charge is 2.10. The van der Waals surface area contributed by atoms with Gasteiger partial charge in [0.1, 0.15) is 5.52 Å². The van der Waals surface area contributed by atoms with E-state index in [2.05, 4.69) is 36.8 Å². The van der Waals surface area contributed by atoms with Crippen molar-refractivity contribution < 1.29 is 4.39 Å². The molecule has 0 spiro atoms. The highest BCUT2D eigenvalue weighted by atomic mass is 79.9. The third-order valence-corrected chi connectivity index (χ3v) is 3.02. The molecule has 0 aliphatic rings. The fourth-order valence-corrected chi connectivity index (χ4v) is 1.97. The van der Waals surface area contributed by atoms with E-state index in [4.69, 9.17) is 0 Å². The Balaban J connectivity index is 2.94. The van der Waals surface area contributed by atoms with Crippen LogP contribution in [0, 0.1) is 5.82 Å². The summed E-state index contributed by atoms with van der Waals surface area (Å²) in [4.78, 5) is 4.04. The molecule has 0 N–H and O–H groups in total. The van der Waals surface area contributed by atoms with Crippen LogP contribution in [-0.2, 0) is 7.05 Å².